The molecule has 0 aliphatic heterocycles. The minimum absolute atomic E-state index is 0.0124. The number of carboxylic acid groups (broad SMARTS) is 1. The number of allylic oxidation sites excluding steroid dienone is 1. The number of hydrogen-bond donors (Lipinski definition) is 1. The minimum Gasteiger partial charge on any atom is -0.481 e. The van der Waals surface area contributed by atoms with E-state index in [2.05, 4.69) is 20.4 Å². The smallest absolute Gasteiger partial charge is 0.309 e. The predicted octanol–water partition coefficient (Wildman–Crippen LogP) is 4.61. The molecule has 4 aliphatic carbocycles. The Morgan fingerprint density at radius 3 is 2.42 bits per heavy atom. The molecule has 4 aliphatic rings. The van der Waals surface area contributed by atoms with Gasteiger partial charge in [-0.2, -0.15) is 0 Å². The van der Waals surface area contributed by atoms with Crippen LogP contribution in [0, 0.1) is 33.5 Å². The fourth-order valence-electron chi connectivity index (χ4n) is 7.69. The van der Waals surface area contributed by atoms with Crippen molar-refractivity contribution in [1.82, 2.24) is 0 Å². The predicted molar refractivity (Wildman–Crippen MR) is 92.5 cm³/mol. The molecule has 4 fully saturated rings. The maximum absolute atomic E-state index is 13.2. The zero-order chi connectivity index (χ0) is 17.5. The molecule has 0 saturated heterocycles. The van der Waals surface area contributed by atoms with E-state index >= 15 is 0 Å². The topological polar surface area (TPSA) is 54.4 Å². The molecule has 1 spiro atoms. The van der Waals surface area contributed by atoms with Crippen molar-refractivity contribution in [2.24, 2.45) is 33.5 Å². The van der Waals surface area contributed by atoms with Crippen molar-refractivity contribution in [2.45, 2.75) is 72.1 Å². The summed E-state index contributed by atoms with van der Waals surface area (Å²) in [7, 11) is 0. The van der Waals surface area contributed by atoms with Gasteiger partial charge in [-0.3, -0.25) is 9.59 Å². The van der Waals surface area contributed by atoms with E-state index in [1.807, 2.05) is 6.92 Å². The molecule has 3 nitrogen and oxygen atoms in total. The van der Waals surface area contributed by atoms with Crippen molar-refractivity contribution in [2.75, 3.05) is 0 Å². The van der Waals surface area contributed by atoms with E-state index in [1.165, 1.54) is 0 Å². The first-order valence-corrected chi connectivity index (χ1v) is 9.58. The van der Waals surface area contributed by atoms with Crippen LogP contribution in [0.2, 0.25) is 0 Å². The third kappa shape index (κ3) is 1.64. The van der Waals surface area contributed by atoms with E-state index in [4.69, 9.17) is 0 Å². The maximum Gasteiger partial charge on any atom is 0.309 e. The quantitative estimate of drug-likeness (QED) is 0.714. The lowest BCUT2D eigenvalue weighted by molar-refractivity contribution is -0.184. The fourth-order valence-corrected chi connectivity index (χ4v) is 7.69. The Morgan fingerprint density at radius 1 is 1.08 bits per heavy atom. The SMILES string of the molecule is C=C1C(=O)[C@]23CC[C@H]4[C@@](C)(CCC[C@@]4(C)C(=O)O)[C@@H]2CC[C@@]1(C)C3. The Morgan fingerprint density at radius 2 is 1.75 bits per heavy atom. The van der Waals surface area contributed by atoms with E-state index < -0.39 is 11.4 Å². The molecule has 0 amide bonds. The van der Waals surface area contributed by atoms with Crippen molar-refractivity contribution in [1.29, 1.82) is 0 Å². The lowest BCUT2D eigenvalue weighted by Crippen LogP contribution is -2.59. The molecule has 1 N–H and O–H groups in total. The van der Waals surface area contributed by atoms with Gasteiger partial charge in [-0.05, 0) is 80.1 Å². The van der Waals surface area contributed by atoms with Crippen molar-refractivity contribution in [3.05, 3.63) is 12.2 Å². The number of fused-ring (bicyclic) bond motifs is 3. The molecule has 0 aromatic rings. The van der Waals surface area contributed by atoms with Gasteiger partial charge in [-0.25, -0.2) is 0 Å². The van der Waals surface area contributed by atoms with Crippen LogP contribution in [0.4, 0.5) is 0 Å². The highest BCUT2D eigenvalue weighted by atomic mass is 16.4. The molecule has 0 aromatic carbocycles. The van der Waals surface area contributed by atoms with Crippen LogP contribution < -0.4 is 0 Å². The molecule has 0 aromatic heterocycles. The molecule has 4 rings (SSSR count). The van der Waals surface area contributed by atoms with Crippen LogP contribution in [0.3, 0.4) is 0 Å². The van der Waals surface area contributed by atoms with Crippen LogP contribution in [0.15, 0.2) is 12.2 Å². The Balaban J connectivity index is 1.80. The first kappa shape index (κ1) is 16.4. The number of carbonyl (C=O) groups is 2. The Bertz CT molecular complexity index is 651. The average molecular weight is 330 g/mol. The van der Waals surface area contributed by atoms with E-state index in [1.54, 1.807) is 0 Å². The Labute approximate surface area is 144 Å². The van der Waals surface area contributed by atoms with Gasteiger partial charge >= 0.3 is 5.97 Å². The van der Waals surface area contributed by atoms with Gasteiger partial charge in [0.15, 0.2) is 5.78 Å². The van der Waals surface area contributed by atoms with E-state index in [0.29, 0.717) is 11.7 Å². The normalized spacial score (nSPS) is 53.5. The maximum atomic E-state index is 13.2. The fraction of sp³-hybridized carbons (Fsp3) is 0.810. The summed E-state index contributed by atoms with van der Waals surface area (Å²) < 4.78 is 0. The summed E-state index contributed by atoms with van der Waals surface area (Å²) in [6, 6.07) is 0. The van der Waals surface area contributed by atoms with Gasteiger partial charge in [0, 0.05) is 5.41 Å². The zero-order valence-electron chi connectivity index (χ0n) is 15.3. The summed E-state index contributed by atoms with van der Waals surface area (Å²) in [4.78, 5) is 25.3. The van der Waals surface area contributed by atoms with Crippen LogP contribution in [0.5, 0.6) is 0 Å². The van der Waals surface area contributed by atoms with Crippen molar-refractivity contribution in [3.63, 3.8) is 0 Å². The number of carbonyl (C=O) groups excluding carboxylic acids is 1. The van der Waals surface area contributed by atoms with Gasteiger partial charge in [-0.15, -0.1) is 0 Å². The van der Waals surface area contributed by atoms with Crippen LogP contribution in [0.25, 0.3) is 0 Å². The lowest BCUT2D eigenvalue weighted by atomic mass is 9.40. The lowest BCUT2D eigenvalue weighted by Gasteiger charge is -2.63. The van der Waals surface area contributed by atoms with Gasteiger partial charge in [0.1, 0.15) is 0 Å². The molecular weight excluding hydrogens is 300 g/mol. The molecule has 0 radical (unpaired) electrons. The number of aliphatic carboxylic acids is 1. The second-order valence-corrected chi connectivity index (χ2v) is 9.97. The number of Topliss-reactive ketones (excluding diaryl/α,β-unsaturated/α-hetero) is 1. The van der Waals surface area contributed by atoms with E-state index in [-0.39, 0.29) is 22.2 Å². The summed E-state index contributed by atoms with van der Waals surface area (Å²) in [5, 5.41) is 9.93. The minimum atomic E-state index is -0.641. The molecule has 4 saturated carbocycles. The summed E-state index contributed by atoms with van der Waals surface area (Å²) >= 11 is 0. The number of ketones is 1. The highest BCUT2D eigenvalue weighted by molar-refractivity contribution is 6.04. The van der Waals surface area contributed by atoms with Crippen LogP contribution in [0.1, 0.15) is 72.1 Å². The second kappa shape index (κ2) is 4.53. The number of rotatable bonds is 1. The summed E-state index contributed by atoms with van der Waals surface area (Å²) in [6.45, 7) is 10.7. The number of carboxylic acids is 1. The highest BCUT2D eigenvalue weighted by Gasteiger charge is 2.70. The first-order chi connectivity index (χ1) is 11.1. The Kier molecular flexibility index (Phi) is 3.09. The molecule has 3 heteroatoms. The van der Waals surface area contributed by atoms with Crippen molar-refractivity contribution >= 4 is 11.8 Å². The molecule has 6 atom stereocenters. The first-order valence-electron chi connectivity index (χ1n) is 9.58. The standard InChI is InChI=1S/C21H30O3/c1-13-16(22)21-11-7-14-19(3,8-5-9-20(14,4)17(23)24)15(21)6-10-18(13,2)12-21/h14-15H,1,5-12H2,2-4H3,(H,23,24)/t14-,15-,18-,19+,20+,21-/m0/s1. The van der Waals surface area contributed by atoms with Crippen LogP contribution >= 0.6 is 0 Å². The van der Waals surface area contributed by atoms with Gasteiger partial charge in [0.05, 0.1) is 5.41 Å². The molecular formula is C21H30O3. The molecule has 0 unspecified atom stereocenters. The second-order valence-electron chi connectivity index (χ2n) is 9.97. The zero-order valence-corrected chi connectivity index (χ0v) is 15.3. The molecule has 2 bridgehead atoms. The largest absolute Gasteiger partial charge is 0.481 e. The van der Waals surface area contributed by atoms with Crippen LogP contribution in [-0.4, -0.2) is 16.9 Å². The summed E-state index contributed by atoms with van der Waals surface area (Å²) in [6.07, 6.45) is 7.62. The van der Waals surface area contributed by atoms with Crippen molar-refractivity contribution in [3.8, 4) is 0 Å². The highest BCUT2D eigenvalue weighted by Crippen LogP contribution is 2.73. The summed E-state index contributed by atoms with van der Waals surface area (Å²) in [5.74, 6) is 0.201. The van der Waals surface area contributed by atoms with Crippen LogP contribution in [-0.2, 0) is 9.59 Å². The van der Waals surface area contributed by atoms with Gasteiger partial charge in [0.25, 0.3) is 0 Å². The third-order valence-electron chi connectivity index (χ3n) is 8.95. The average Bonchev–Trinajstić information content (AvgIpc) is 2.64. The number of hydrogen-bond acceptors (Lipinski definition) is 2. The van der Waals surface area contributed by atoms with Gasteiger partial charge in [0.2, 0.25) is 0 Å². The Hall–Kier alpha value is -1.12. The van der Waals surface area contributed by atoms with E-state index in [9.17, 15) is 14.7 Å². The molecule has 132 valence electrons. The van der Waals surface area contributed by atoms with Crippen molar-refractivity contribution < 1.29 is 14.7 Å². The van der Waals surface area contributed by atoms with E-state index in [0.717, 1.165) is 56.9 Å². The third-order valence-corrected chi connectivity index (χ3v) is 8.95. The summed E-state index contributed by atoms with van der Waals surface area (Å²) in [5.41, 5.74) is -0.0590. The molecule has 24 heavy (non-hydrogen) atoms. The van der Waals surface area contributed by atoms with Gasteiger partial charge in [-0.1, -0.05) is 26.8 Å². The monoisotopic (exact) mass is 330 g/mol. The molecule has 0 heterocycles. The van der Waals surface area contributed by atoms with Gasteiger partial charge < -0.3 is 5.11 Å².